The van der Waals surface area contributed by atoms with Crippen molar-refractivity contribution in [2.45, 2.75) is 26.4 Å². The first-order chi connectivity index (χ1) is 17.1. The minimum atomic E-state index is -0.813. The molecule has 186 valence electrons. The number of ether oxygens (including phenoxy) is 1. The fourth-order valence-corrected chi connectivity index (χ4v) is 4.04. The Hall–Kier alpha value is -3.92. The van der Waals surface area contributed by atoms with Crippen LogP contribution in [-0.2, 0) is 16.2 Å². The number of likely N-dealkylation sites (tertiary alicyclic amines) is 1. The highest BCUT2D eigenvalue weighted by Gasteiger charge is 2.37. The van der Waals surface area contributed by atoms with Crippen molar-refractivity contribution < 1.29 is 27.9 Å². The van der Waals surface area contributed by atoms with E-state index in [-0.39, 0.29) is 53.2 Å². The van der Waals surface area contributed by atoms with Crippen molar-refractivity contribution in [2.75, 3.05) is 7.05 Å². The van der Waals surface area contributed by atoms with Crippen molar-refractivity contribution in [3.05, 3.63) is 86.4 Å². The average molecular weight is 516 g/mol. The molecule has 0 bridgehead atoms. The van der Waals surface area contributed by atoms with E-state index in [1.165, 1.54) is 19.2 Å². The minimum Gasteiger partial charge on any atom is -0.471 e. The van der Waals surface area contributed by atoms with Crippen LogP contribution in [0.15, 0.2) is 47.5 Å². The molecule has 0 radical (unpaired) electrons. The molecule has 8 nitrogen and oxygen atoms in total. The molecule has 1 aliphatic rings. The Morgan fingerprint density at radius 3 is 2.58 bits per heavy atom. The third kappa shape index (κ3) is 4.90. The summed E-state index contributed by atoms with van der Waals surface area (Å²) in [7, 11) is 1.38. The fraction of sp³-hybridized carbons (Fsp3) is 0.240. The zero-order valence-electron chi connectivity index (χ0n) is 19.3. The number of rotatable bonds is 7. The lowest BCUT2D eigenvalue weighted by Gasteiger charge is -2.14. The Morgan fingerprint density at radius 2 is 1.92 bits per heavy atom. The van der Waals surface area contributed by atoms with Crippen molar-refractivity contribution in [3.8, 4) is 11.6 Å². The van der Waals surface area contributed by atoms with E-state index in [0.717, 1.165) is 21.9 Å². The molecular formula is C25H20ClF2N3O5. The molecule has 0 unspecified atom stereocenters. The summed E-state index contributed by atoms with van der Waals surface area (Å²) in [4.78, 5) is 54.8. The van der Waals surface area contributed by atoms with Crippen molar-refractivity contribution in [2.24, 2.45) is 5.92 Å². The van der Waals surface area contributed by atoms with Gasteiger partial charge in [-0.15, -0.1) is 0 Å². The number of benzene rings is 2. The topological polar surface area (TPSA) is 98.6 Å². The maximum absolute atomic E-state index is 13.8. The van der Waals surface area contributed by atoms with E-state index >= 15 is 0 Å². The van der Waals surface area contributed by atoms with Crippen LogP contribution in [-0.4, -0.2) is 39.1 Å². The molecule has 4 rings (SSSR count). The summed E-state index contributed by atoms with van der Waals surface area (Å²) in [6.45, 7) is 1.39. The molecule has 2 aromatic carbocycles. The quantitative estimate of drug-likeness (QED) is 0.352. The highest BCUT2D eigenvalue weighted by molar-refractivity contribution is 6.31. The number of carbonyl (C=O) groups is 3. The SMILES string of the molecule is Cc1ccc(C(=O)C[C@H]2CC(=O)N(C)C2=O)cc1-n1cnc(OCc2ccc(F)cc2F)c(Cl)c1=O. The highest BCUT2D eigenvalue weighted by atomic mass is 35.5. The van der Waals surface area contributed by atoms with Crippen LogP contribution in [0.3, 0.4) is 0 Å². The number of aryl methyl sites for hydroxylation is 1. The van der Waals surface area contributed by atoms with Crippen LogP contribution in [0.4, 0.5) is 8.78 Å². The largest absolute Gasteiger partial charge is 0.471 e. The zero-order chi connectivity index (χ0) is 26.1. The Labute approximate surface area is 209 Å². The van der Waals surface area contributed by atoms with E-state index in [2.05, 4.69) is 4.98 Å². The highest BCUT2D eigenvalue weighted by Crippen LogP contribution is 2.25. The van der Waals surface area contributed by atoms with Gasteiger partial charge in [0.15, 0.2) is 10.8 Å². The third-order valence-corrected chi connectivity index (χ3v) is 6.29. The van der Waals surface area contributed by atoms with E-state index < -0.39 is 29.0 Å². The summed E-state index contributed by atoms with van der Waals surface area (Å²) >= 11 is 6.18. The van der Waals surface area contributed by atoms with E-state index in [1.807, 2.05) is 0 Å². The maximum atomic E-state index is 13.8. The molecule has 1 fully saturated rings. The van der Waals surface area contributed by atoms with Gasteiger partial charge in [0.25, 0.3) is 5.56 Å². The first-order valence-corrected chi connectivity index (χ1v) is 11.2. The summed E-state index contributed by atoms with van der Waals surface area (Å²) in [5, 5.41) is -0.366. The van der Waals surface area contributed by atoms with Crippen molar-refractivity contribution >= 4 is 29.2 Å². The second-order valence-corrected chi connectivity index (χ2v) is 8.76. The summed E-state index contributed by atoms with van der Waals surface area (Å²) in [5.74, 6) is -3.59. The molecule has 1 aromatic heterocycles. The van der Waals surface area contributed by atoms with Gasteiger partial charge in [0.05, 0.1) is 11.6 Å². The van der Waals surface area contributed by atoms with Crippen LogP contribution >= 0.6 is 11.6 Å². The van der Waals surface area contributed by atoms with Gasteiger partial charge in [0.1, 0.15) is 24.6 Å². The molecule has 2 amide bonds. The molecule has 3 aromatic rings. The van der Waals surface area contributed by atoms with Gasteiger partial charge < -0.3 is 4.74 Å². The molecule has 0 aliphatic carbocycles. The Kier molecular flexibility index (Phi) is 6.98. The van der Waals surface area contributed by atoms with Gasteiger partial charge in [-0.1, -0.05) is 23.7 Å². The van der Waals surface area contributed by atoms with Gasteiger partial charge in [-0.25, -0.2) is 13.8 Å². The molecule has 1 atom stereocenters. The normalized spacial score (nSPS) is 15.5. The molecular weight excluding hydrogens is 496 g/mol. The molecule has 2 heterocycles. The van der Waals surface area contributed by atoms with E-state index in [4.69, 9.17) is 16.3 Å². The summed E-state index contributed by atoms with van der Waals surface area (Å²) in [6, 6.07) is 7.68. The van der Waals surface area contributed by atoms with Crippen molar-refractivity contribution in [3.63, 3.8) is 0 Å². The fourth-order valence-electron chi connectivity index (χ4n) is 3.85. The predicted molar refractivity (Wildman–Crippen MR) is 125 cm³/mol. The second kappa shape index (κ2) is 9.98. The lowest BCUT2D eigenvalue weighted by atomic mass is 9.96. The van der Waals surface area contributed by atoms with Crippen LogP contribution in [0, 0.1) is 24.5 Å². The van der Waals surface area contributed by atoms with Crippen LogP contribution < -0.4 is 10.3 Å². The van der Waals surface area contributed by atoms with Gasteiger partial charge in [0.2, 0.25) is 17.7 Å². The van der Waals surface area contributed by atoms with Gasteiger partial charge in [-0.2, -0.15) is 0 Å². The molecule has 11 heteroatoms. The smallest absolute Gasteiger partial charge is 0.280 e. The predicted octanol–water partition coefficient (Wildman–Crippen LogP) is 3.63. The van der Waals surface area contributed by atoms with Gasteiger partial charge in [-0.3, -0.25) is 28.6 Å². The van der Waals surface area contributed by atoms with Gasteiger partial charge in [-0.05, 0) is 30.7 Å². The van der Waals surface area contributed by atoms with Crippen LogP contribution in [0.1, 0.15) is 34.3 Å². The monoisotopic (exact) mass is 515 g/mol. The third-order valence-electron chi connectivity index (χ3n) is 5.96. The Balaban J connectivity index is 1.57. The van der Waals surface area contributed by atoms with Gasteiger partial charge in [0, 0.05) is 37.1 Å². The average Bonchev–Trinajstić information content (AvgIpc) is 3.08. The molecule has 36 heavy (non-hydrogen) atoms. The first kappa shape index (κ1) is 25.2. The molecule has 1 saturated heterocycles. The van der Waals surface area contributed by atoms with Crippen LogP contribution in [0.5, 0.6) is 5.88 Å². The number of ketones is 1. The van der Waals surface area contributed by atoms with E-state index in [9.17, 15) is 28.0 Å². The first-order valence-electron chi connectivity index (χ1n) is 10.8. The number of imide groups is 1. The minimum absolute atomic E-state index is 0.0257. The van der Waals surface area contributed by atoms with Crippen LogP contribution in [0.25, 0.3) is 5.69 Å². The number of nitrogens with zero attached hydrogens (tertiary/aromatic N) is 3. The van der Waals surface area contributed by atoms with Crippen LogP contribution in [0.2, 0.25) is 5.02 Å². The lowest BCUT2D eigenvalue weighted by molar-refractivity contribution is -0.137. The standard InChI is InChI=1S/C25H20ClF2N3O5/c1-13-3-4-14(20(32)8-16-9-21(33)30(2)24(16)34)7-19(13)31-12-29-23(22(26)25(31)35)36-11-15-5-6-17(27)10-18(15)28/h3-7,10,12,16H,8-9,11H2,1-2H3/t16-/m0/s1. The number of amides is 2. The summed E-state index contributed by atoms with van der Waals surface area (Å²) in [5.41, 5.74) is 0.588. The number of aromatic nitrogens is 2. The number of hydrogen-bond donors (Lipinski definition) is 0. The second-order valence-electron chi connectivity index (χ2n) is 8.38. The zero-order valence-corrected chi connectivity index (χ0v) is 20.0. The van der Waals surface area contributed by atoms with Crippen molar-refractivity contribution in [1.29, 1.82) is 0 Å². The molecule has 0 N–H and O–H groups in total. The summed E-state index contributed by atoms with van der Waals surface area (Å²) in [6.07, 6.45) is 0.995. The number of Topliss-reactive ketones (excluding diaryl/α,β-unsaturated/α-hetero) is 1. The Bertz CT molecular complexity index is 1460. The molecule has 1 aliphatic heterocycles. The number of hydrogen-bond acceptors (Lipinski definition) is 6. The lowest BCUT2D eigenvalue weighted by Crippen LogP contribution is -2.26. The van der Waals surface area contributed by atoms with Gasteiger partial charge >= 0.3 is 0 Å². The number of halogens is 3. The summed E-state index contributed by atoms with van der Waals surface area (Å²) < 4.78 is 33.4. The maximum Gasteiger partial charge on any atom is 0.280 e. The molecule has 0 spiro atoms. The van der Waals surface area contributed by atoms with E-state index in [1.54, 1.807) is 19.1 Å². The Morgan fingerprint density at radius 1 is 1.17 bits per heavy atom. The van der Waals surface area contributed by atoms with E-state index in [0.29, 0.717) is 17.3 Å². The van der Waals surface area contributed by atoms with Crippen molar-refractivity contribution in [1.82, 2.24) is 14.5 Å². The number of carbonyl (C=O) groups excluding carboxylic acids is 3. The molecule has 0 saturated carbocycles.